The second-order valence-electron chi connectivity index (χ2n) is 8.20. The summed E-state index contributed by atoms with van der Waals surface area (Å²) in [6.07, 6.45) is 8.47. The minimum absolute atomic E-state index is 0.00782. The highest BCUT2D eigenvalue weighted by Gasteiger charge is 2.59. The van der Waals surface area contributed by atoms with Gasteiger partial charge in [0.2, 0.25) is 11.8 Å². The number of allylic oxidation sites excluding steroid dienone is 2. The van der Waals surface area contributed by atoms with E-state index < -0.39 is 0 Å². The molecule has 3 heterocycles. The van der Waals surface area contributed by atoms with Crippen LogP contribution in [0.1, 0.15) is 16.8 Å². The molecule has 2 saturated heterocycles. The summed E-state index contributed by atoms with van der Waals surface area (Å²) in [5.74, 6) is 0.354. The van der Waals surface area contributed by atoms with Gasteiger partial charge in [-0.25, -0.2) is 0 Å². The number of rotatable bonds is 4. The van der Waals surface area contributed by atoms with Gasteiger partial charge in [-0.05, 0) is 30.4 Å². The van der Waals surface area contributed by atoms with Gasteiger partial charge in [0, 0.05) is 51.7 Å². The van der Waals surface area contributed by atoms with Crippen LogP contribution in [0.15, 0.2) is 36.7 Å². The number of nitrogens with zero attached hydrogens (tertiary/aromatic N) is 4. The van der Waals surface area contributed by atoms with Crippen molar-refractivity contribution in [1.29, 1.82) is 0 Å². The quantitative estimate of drug-likeness (QED) is 0.566. The number of carbonyl (C=O) groups excluding carboxylic acids is 3. The van der Waals surface area contributed by atoms with Crippen LogP contribution in [0.3, 0.4) is 0 Å². The molecule has 2 aliphatic carbocycles. The van der Waals surface area contributed by atoms with Crippen molar-refractivity contribution in [3.8, 4) is 0 Å². The fourth-order valence-electron chi connectivity index (χ4n) is 5.27. The first-order valence-corrected chi connectivity index (χ1v) is 10.1. The average Bonchev–Trinajstić information content (AvgIpc) is 3.41. The minimum Gasteiger partial charge on any atom is -0.336 e. The average molecular weight is 380 g/mol. The van der Waals surface area contributed by atoms with Crippen molar-refractivity contribution in [1.82, 2.24) is 19.7 Å². The molecule has 5 rings (SSSR count). The van der Waals surface area contributed by atoms with E-state index in [2.05, 4.69) is 22.0 Å². The van der Waals surface area contributed by atoms with Crippen molar-refractivity contribution in [3.05, 3.63) is 42.2 Å². The fraction of sp³-hybridized carbons (Fsp3) is 0.524. The summed E-state index contributed by atoms with van der Waals surface area (Å²) >= 11 is 0. The van der Waals surface area contributed by atoms with Crippen LogP contribution in [0, 0.1) is 23.7 Å². The van der Waals surface area contributed by atoms with Crippen LogP contribution in [0.4, 0.5) is 0 Å². The SMILES string of the molecule is O=C(c1cccnc1)N1CCN(CCN2C(=O)[C@@H]3[C@H](C2=O)[C@@H]2C=C[C@@H]3C2)CC1. The molecule has 1 aromatic rings. The molecule has 7 heteroatoms. The summed E-state index contributed by atoms with van der Waals surface area (Å²) in [7, 11) is 0. The Kier molecular flexibility index (Phi) is 4.27. The van der Waals surface area contributed by atoms with Gasteiger partial charge in [0.05, 0.1) is 17.4 Å². The maximum atomic E-state index is 12.8. The molecule has 146 valence electrons. The first-order valence-electron chi connectivity index (χ1n) is 10.1. The van der Waals surface area contributed by atoms with Crippen molar-refractivity contribution in [2.24, 2.45) is 23.7 Å². The van der Waals surface area contributed by atoms with E-state index in [0.29, 0.717) is 31.7 Å². The van der Waals surface area contributed by atoms with Crippen LogP contribution in [-0.2, 0) is 9.59 Å². The number of likely N-dealkylation sites (tertiary alicyclic amines) is 1. The number of hydrogen-bond donors (Lipinski definition) is 0. The lowest BCUT2D eigenvalue weighted by atomic mass is 9.85. The summed E-state index contributed by atoms with van der Waals surface area (Å²) in [6.45, 7) is 3.93. The zero-order valence-corrected chi connectivity index (χ0v) is 15.7. The van der Waals surface area contributed by atoms with E-state index in [1.165, 1.54) is 4.90 Å². The van der Waals surface area contributed by atoms with Gasteiger partial charge < -0.3 is 4.90 Å². The Labute approximate surface area is 164 Å². The predicted molar refractivity (Wildman–Crippen MR) is 101 cm³/mol. The Morgan fingerprint density at radius 3 is 2.29 bits per heavy atom. The molecule has 3 amide bonds. The number of pyridine rings is 1. The summed E-state index contributed by atoms with van der Waals surface area (Å²) in [6, 6.07) is 3.55. The Morgan fingerprint density at radius 2 is 1.68 bits per heavy atom. The molecule has 1 aromatic heterocycles. The van der Waals surface area contributed by atoms with Crippen molar-refractivity contribution < 1.29 is 14.4 Å². The number of piperazine rings is 1. The molecular weight excluding hydrogens is 356 g/mol. The smallest absolute Gasteiger partial charge is 0.255 e. The molecule has 0 unspecified atom stereocenters. The van der Waals surface area contributed by atoms with E-state index in [1.54, 1.807) is 24.5 Å². The second kappa shape index (κ2) is 6.81. The summed E-state index contributed by atoms with van der Waals surface area (Å²) in [5.41, 5.74) is 0.610. The lowest BCUT2D eigenvalue weighted by molar-refractivity contribution is -0.141. The molecular formula is C21H24N4O3. The lowest BCUT2D eigenvalue weighted by Crippen LogP contribution is -2.50. The van der Waals surface area contributed by atoms with Crippen LogP contribution < -0.4 is 0 Å². The highest BCUT2D eigenvalue weighted by atomic mass is 16.2. The number of aromatic nitrogens is 1. The molecule has 4 aliphatic rings. The molecule has 28 heavy (non-hydrogen) atoms. The molecule has 0 aromatic carbocycles. The molecule has 2 aliphatic heterocycles. The second-order valence-corrected chi connectivity index (χ2v) is 8.20. The van der Waals surface area contributed by atoms with Gasteiger partial charge in [-0.2, -0.15) is 0 Å². The molecule has 1 saturated carbocycles. The Morgan fingerprint density at radius 1 is 1.00 bits per heavy atom. The van der Waals surface area contributed by atoms with Gasteiger partial charge in [0.25, 0.3) is 5.91 Å². The Hall–Kier alpha value is -2.54. The van der Waals surface area contributed by atoms with Crippen LogP contribution in [0.2, 0.25) is 0 Å². The highest BCUT2D eigenvalue weighted by molar-refractivity contribution is 6.06. The van der Waals surface area contributed by atoms with Crippen molar-refractivity contribution >= 4 is 17.7 Å². The topological polar surface area (TPSA) is 73.8 Å². The third-order valence-electron chi connectivity index (χ3n) is 6.77. The third-order valence-corrected chi connectivity index (χ3v) is 6.77. The minimum atomic E-state index is -0.114. The molecule has 4 atom stereocenters. The van der Waals surface area contributed by atoms with E-state index in [0.717, 1.165) is 19.5 Å². The maximum absolute atomic E-state index is 12.8. The van der Waals surface area contributed by atoms with Crippen molar-refractivity contribution in [3.63, 3.8) is 0 Å². The largest absolute Gasteiger partial charge is 0.336 e. The standard InChI is InChI=1S/C21H24N4O3/c26-19(16-2-1-5-22-13-16)24-9-6-23(7-10-24)8-11-25-20(27)17-14-3-4-15(12-14)18(17)21(25)28/h1-5,13-15,17-18H,6-12H2/t14-,15-,17-,18+/m1/s1. The van der Waals surface area contributed by atoms with E-state index in [9.17, 15) is 14.4 Å². The maximum Gasteiger partial charge on any atom is 0.255 e. The summed E-state index contributed by atoms with van der Waals surface area (Å²) in [5, 5.41) is 0. The number of carbonyl (C=O) groups is 3. The molecule has 0 radical (unpaired) electrons. The van der Waals surface area contributed by atoms with Gasteiger partial charge in [-0.1, -0.05) is 12.2 Å². The first-order chi connectivity index (χ1) is 13.6. The van der Waals surface area contributed by atoms with Crippen LogP contribution in [-0.4, -0.2) is 76.7 Å². The molecule has 2 bridgehead atoms. The van der Waals surface area contributed by atoms with Gasteiger partial charge in [-0.15, -0.1) is 0 Å². The summed E-state index contributed by atoms with van der Waals surface area (Å²) in [4.78, 5) is 47.6. The van der Waals surface area contributed by atoms with Crippen molar-refractivity contribution in [2.45, 2.75) is 6.42 Å². The van der Waals surface area contributed by atoms with E-state index in [-0.39, 0.29) is 41.4 Å². The van der Waals surface area contributed by atoms with E-state index in [1.807, 2.05) is 4.90 Å². The molecule has 3 fully saturated rings. The Bertz CT molecular complexity index is 801. The fourth-order valence-corrected chi connectivity index (χ4v) is 5.27. The van der Waals surface area contributed by atoms with E-state index in [4.69, 9.17) is 0 Å². The zero-order valence-electron chi connectivity index (χ0n) is 15.7. The predicted octanol–water partition coefficient (Wildman–Crippen LogP) is 0.647. The molecule has 0 N–H and O–H groups in total. The van der Waals surface area contributed by atoms with Gasteiger partial charge >= 0.3 is 0 Å². The van der Waals surface area contributed by atoms with Gasteiger partial charge in [0.1, 0.15) is 0 Å². The van der Waals surface area contributed by atoms with Crippen LogP contribution in [0.5, 0.6) is 0 Å². The van der Waals surface area contributed by atoms with E-state index >= 15 is 0 Å². The normalized spacial score (nSPS) is 31.7. The molecule has 0 spiro atoms. The summed E-state index contributed by atoms with van der Waals surface area (Å²) < 4.78 is 0. The third kappa shape index (κ3) is 2.76. The number of amides is 3. The number of hydrogen-bond acceptors (Lipinski definition) is 5. The van der Waals surface area contributed by atoms with Crippen molar-refractivity contribution in [2.75, 3.05) is 39.3 Å². The number of imide groups is 1. The Balaban J connectivity index is 1.14. The van der Waals surface area contributed by atoms with Gasteiger partial charge in [0.15, 0.2) is 0 Å². The lowest BCUT2D eigenvalue weighted by Gasteiger charge is -2.35. The monoisotopic (exact) mass is 380 g/mol. The van der Waals surface area contributed by atoms with Crippen LogP contribution in [0.25, 0.3) is 0 Å². The highest BCUT2D eigenvalue weighted by Crippen LogP contribution is 2.52. The number of fused-ring (bicyclic) bond motifs is 5. The van der Waals surface area contributed by atoms with Crippen LogP contribution >= 0.6 is 0 Å². The molecule has 7 nitrogen and oxygen atoms in total. The van der Waals surface area contributed by atoms with Gasteiger partial charge in [-0.3, -0.25) is 29.2 Å². The first kappa shape index (κ1) is 17.6. The zero-order chi connectivity index (χ0) is 19.3.